The Hall–Kier alpha value is -3.41. The molecule has 0 aliphatic carbocycles. The summed E-state index contributed by atoms with van der Waals surface area (Å²) in [6.07, 6.45) is 0. The van der Waals surface area contributed by atoms with E-state index in [1.165, 1.54) is 4.90 Å². The summed E-state index contributed by atoms with van der Waals surface area (Å²) in [6, 6.07) is 16.6. The molecule has 2 aromatic carbocycles. The van der Waals surface area contributed by atoms with Crippen molar-refractivity contribution in [2.75, 3.05) is 7.05 Å². The highest BCUT2D eigenvalue weighted by Crippen LogP contribution is 2.14. The lowest BCUT2D eigenvalue weighted by Crippen LogP contribution is -2.29. The summed E-state index contributed by atoms with van der Waals surface area (Å²) >= 11 is 0. The van der Waals surface area contributed by atoms with E-state index in [-0.39, 0.29) is 17.2 Å². The predicted molar refractivity (Wildman–Crippen MR) is 96.5 cm³/mol. The van der Waals surface area contributed by atoms with Gasteiger partial charge in [-0.25, -0.2) is 4.98 Å². The number of pyridine rings is 1. The van der Waals surface area contributed by atoms with Crippen LogP contribution in [-0.4, -0.2) is 32.8 Å². The van der Waals surface area contributed by atoms with Crippen molar-refractivity contribution in [2.45, 2.75) is 6.54 Å². The van der Waals surface area contributed by atoms with Gasteiger partial charge in [0.15, 0.2) is 0 Å². The second-order valence-electron chi connectivity index (χ2n) is 5.96. The molecule has 2 aromatic heterocycles. The zero-order chi connectivity index (χ0) is 17.4. The van der Waals surface area contributed by atoms with Crippen LogP contribution in [0, 0.1) is 0 Å². The Labute approximate surface area is 143 Å². The normalized spacial score (nSPS) is 11.1. The van der Waals surface area contributed by atoms with Crippen molar-refractivity contribution >= 4 is 27.7 Å². The molecule has 0 fully saturated rings. The Bertz CT molecular complexity index is 1110. The van der Waals surface area contributed by atoms with E-state index in [9.17, 15) is 9.59 Å². The molecule has 4 aromatic rings. The summed E-state index contributed by atoms with van der Waals surface area (Å²) in [7, 11) is 1.68. The summed E-state index contributed by atoms with van der Waals surface area (Å²) in [6.45, 7) is 0.322. The second-order valence-corrected chi connectivity index (χ2v) is 5.96. The van der Waals surface area contributed by atoms with Gasteiger partial charge in [-0.3, -0.25) is 9.59 Å². The van der Waals surface area contributed by atoms with E-state index in [1.807, 2.05) is 36.4 Å². The quantitative estimate of drug-likeness (QED) is 0.605. The van der Waals surface area contributed by atoms with E-state index in [0.29, 0.717) is 17.8 Å². The van der Waals surface area contributed by atoms with Gasteiger partial charge in [0.05, 0.1) is 17.6 Å². The Balaban J connectivity index is 1.62. The number of nitrogens with one attached hydrogen (secondary N) is 2. The smallest absolute Gasteiger partial charge is 0.270 e. The van der Waals surface area contributed by atoms with Crippen LogP contribution in [0.15, 0.2) is 59.4 Å². The van der Waals surface area contributed by atoms with E-state index in [2.05, 4.69) is 15.0 Å². The van der Waals surface area contributed by atoms with Gasteiger partial charge in [-0.05, 0) is 29.7 Å². The van der Waals surface area contributed by atoms with Gasteiger partial charge in [-0.1, -0.05) is 30.3 Å². The largest absolute Gasteiger partial charge is 0.340 e. The van der Waals surface area contributed by atoms with Crippen molar-refractivity contribution in [3.8, 4) is 0 Å². The molecule has 0 unspecified atom stereocenters. The number of amides is 1. The molecule has 124 valence electrons. The minimum atomic E-state index is -0.265. The molecule has 0 aliphatic heterocycles. The van der Waals surface area contributed by atoms with Crippen LogP contribution in [-0.2, 0) is 6.54 Å². The van der Waals surface area contributed by atoms with Crippen LogP contribution in [0.3, 0.4) is 0 Å². The average molecular weight is 332 g/mol. The molecule has 0 bridgehead atoms. The number of imidazole rings is 1. The fourth-order valence-electron chi connectivity index (χ4n) is 2.91. The topological polar surface area (TPSA) is 81.8 Å². The third-order valence-corrected chi connectivity index (χ3v) is 4.16. The number of benzene rings is 2. The highest BCUT2D eigenvalue weighted by molar-refractivity contribution is 5.96. The molecule has 0 atom stereocenters. The fourth-order valence-corrected chi connectivity index (χ4v) is 2.91. The zero-order valence-electron chi connectivity index (χ0n) is 13.6. The molecular formula is C19H16N4O2. The Morgan fingerprint density at radius 2 is 1.84 bits per heavy atom. The molecule has 2 heterocycles. The summed E-state index contributed by atoms with van der Waals surface area (Å²) in [5, 5.41) is 1.31. The molecule has 0 saturated carbocycles. The minimum Gasteiger partial charge on any atom is -0.340 e. The van der Waals surface area contributed by atoms with Crippen molar-refractivity contribution in [1.82, 2.24) is 19.9 Å². The van der Waals surface area contributed by atoms with Gasteiger partial charge in [0.1, 0.15) is 11.5 Å². The first-order valence-corrected chi connectivity index (χ1v) is 7.93. The van der Waals surface area contributed by atoms with Gasteiger partial charge >= 0.3 is 0 Å². The van der Waals surface area contributed by atoms with Crippen molar-refractivity contribution < 1.29 is 4.79 Å². The van der Waals surface area contributed by atoms with Crippen molar-refractivity contribution in [3.63, 3.8) is 0 Å². The van der Waals surface area contributed by atoms with E-state index in [1.54, 1.807) is 25.2 Å². The SMILES string of the molecule is CN(Cc1nc2ccccc2[nH]1)C(=O)c1cc2ccccc2c(=O)[nH]1. The molecule has 6 heteroatoms. The van der Waals surface area contributed by atoms with Crippen molar-refractivity contribution in [3.05, 3.63) is 76.5 Å². The number of aromatic amines is 2. The molecule has 0 spiro atoms. The van der Waals surface area contributed by atoms with Crippen LogP contribution in [0.5, 0.6) is 0 Å². The second kappa shape index (κ2) is 5.90. The molecule has 6 nitrogen and oxygen atoms in total. The van der Waals surface area contributed by atoms with Gasteiger partial charge in [0.2, 0.25) is 0 Å². The average Bonchev–Trinajstić information content (AvgIpc) is 3.03. The third-order valence-electron chi connectivity index (χ3n) is 4.16. The number of hydrogen-bond donors (Lipinski definition) is 2. The number of aromatic nitrogens is 3. The van der Waals surface area contributed by atoms with Crippen LogP contribution in [0.2, 0.25) is 0 Å². The van der Waals surface area contributed by atoms with E-state index in [0.717, 1.165) is 16.4 Å². The number of nitrogens with zero attached hydrogens (tertiary/aromatic N) is 2. The maximum absolute atomic E-state index is 12.7. The number of fused-ring (bicyclic) bond motifs is 2. The molecule has 25 heavy (non-hydrogen) atoms. The summed E-state index contributed by atoms with van der Waals surface area (Å²) in [4.78, 5) is 36.7. The van der Waals surface area contributed by atoms with Gasteiger partial charge in [0.25, 0.3) is 11.5 Å². The predicted octanol–water partition coefficient (Wildman–Crippen LogP) is 2.68. The Morgan fingerprint density at radius 3 is 2.68 bits per heavy atom. The summed E-state index contributed by atoms with van der Waals surface area (Å²) in [5.74, 6) is 0.434. The molecule has 4 rings (SSSR count). The van der Waals surface area contributed by atoms with Gasteiger partial charge in [-0.2, -0.15) is 0 Å². The molecule has 1 amide bonds. The number of carbonyl (C=O) groups excluding carboxylic acids is 1. The highest BCUT2D eigenvalue weighted by Gasteiger charge is 2.16. The molecule has 0 radical (unpaired) electrons. The fraction of sp³-hybridized carbons (Fsp3) is 0.105. The summed E-state index contributed by atoms with van der Waals surface area (Å²) in [5.41, 5.74) is 1.79. The number of rotatable bonds is 3. The lowest BCUT2D eigenvalue weighted by Gasteiger charge is -2.15. The van der Waals surface area contributed by atoms with Crippen LogP contribution in [0.4, 0.5) is 0 Å². The first kappa shape index (κ1) is 15.1. The number of hydrogen-bond acceptors (Lipinski definition) is 3. The number of H-pyrrole nitrogens is 2. The first-order chi connectivity index (χ1) is 12.1. The van der Waals surface area contributed by atoms with Crippen LogP contribution in [0.1, 0.15) is 16.3 Å². The highest BCUT2D eigenvalue weighted by atomic mass is 16.2. The lowest BCUT2D eigenvalue weighted by atomic mass is 10.1. The molecule has 0 aliphatic rings. The van der Waals surface area contributed by atoms with E-state index < -0.39 is 0 Å². The molecule has 0 saturated heterocycles. The Kier molecular flexibility index (Phi) is 3.57. The van der Waals surface area contributed by atoms with Gasteiger partial charge in [0, 0.05) is 12.4 Å². The molecular weight excluding hydrogens is 316 g/mol. The minimum absolute atomic E-state index is 0.261. The number of para-hydroxylation sites is 2. The van der Waals surface area contributed by atoms with E-state index >= 15 is 0 Å². The standard InChI is InChI=1S/C19H16N4O2/c1-23(11-17-20-14-8-4-5-9-15(14)21-17)19(25)16-10-12-6-2-3-7-13(12)18(24)22-16/h2-10H,11H2,1H3,(H,20,21)(H,22,24). The Morgan fingerprint density at radius 1 is 1.08 bits per heavy atom. The number of carbonyl (C=O) groups is 1. The summed E-state index contributed by atoms with van der Waals surface area (Å²) < 4.78 is 0. The molecule has 2 N–H and O–H groups in total. The maximum atomic E-state index is 12.7. The van der Waals surface area contributed by atoms with Crippen LogP contribution < -0.4 is 5.56 Å². The van der Waals surface area contributed by atoms with E-state index in [4.69, 9.17) is 0 Å². The van der Waals surface area contributed by atoms with Gasteiger partial charge < -0.3 is 14.9 Å². The zero-order valence-corrected chi connectivity index (χ0v) is 13.6. The van der Waals surface area contributed by atoms with Crippen LogP contribution in [0.25, 0.3) is 21.8 Å². The third kappa shape index (κ3) is 2.78. The maximum Gasteiger partial charge on any atom is 0.270 e. The monoisotopic (exact) mass is 332 g/mol. The lowest BCUT2D eigenvalue weighted by molar-refractivity contribution is 0.0776. The van der Waals surface area contributed by atoms with Crippen molar-refractivity contribution in [1.29, 1.82) is 0 Å². The first-order valence-electron chi connectivity index (χ1n) is 7.93. The van der Waals surface area contributed by atoms with Crippen LogP contribution >= 0.6 is 0 Å². The van der Waals surface area contributed by atoms with Crippen molar-refractivity contribution in [2.24, 2.45) is 0 Å². The van der Waals surface area contributed by atoms with Gasteiger partial charge in [-0.15, -0.1) is 0 Å².